The van der Waals surface area contributed by atoms with Crippen LogP contribution in [0.15, 0.2) is 30.4 Å². The van der Waals surface area contributed by atoms with E-state index in [1.165, 1.54) is 31.1 Å². The van der Waals surface area contributed by atoms with Gasteiger partial charge in [-0.15, -0.1) is 0 Å². The summed E-state index contributed by atoms with van der Waals surface area (Å²) in [6.07, 6.45) is 11.4. The number of nitrogens with zero attached hydrogens (tertiary/aromatic N) is 1. The first kappa shape index (κ1) is 27.9. The fourth-order valence-corrected chi connectivity index (χ4v) is 5.38. The number of benzene rings is 1. The van der Waals surface area contributed by atoms with Gasteiger partial charge in [-0.05, 0) is 61.3 Å². The summed E-state index contributed by atoms with van der Waals surface area (Å²) in [5, 5.41) is 2.93. The van der Waals surface area contributed by atoms with Gasteiger partial charge in [-0.25, -0.2) is 4.79 Å². The molecule has 4 atom stereocenters. The molecule has 9 heteroatoms. The lowest BCUT2D eigenvalue weighted by molar-refractivity contribution is -0.145. The molecular weight excluding hydrogens is 482 g/mol. The van der Waals surface area contributed by atoms with E-state index >= 15 is 0 Å². The third-order valence-electron chi connectivity index (χ3n) is 6.66. The molecule has 1 aliphatic carbocycles. The number of carbonyl (C=O) groups is 2. The minimum absolute atomic E-state index is 0.117. The minimum Gasteiger partial charge on any atom is -0.489 e. The Labute approximate surface area is 219 Å². The van der Waals surface area contributed by atoms with Gasteiger partial charge in [0.2, 0.25) is 5.91 Å². The number of amides is 1. The maximum absolute atomic E-state index is 13.3. The zero-order valence-electron chi connectivity index (χ0n) is 20.8. The van der Waals surface area contributed by atoms with Crippen LogP contribution in [0, 0.1) is 0 Å². The number of ether oxygens (including phenoxy) is 2. The Morgan fingerprint density at radius 2 is 2.14 bits per heavy atom. The molecule has 1 aliphatic heterocycles. The molecule has 0 bridgehead atoms. The number of hydrogen-bond donors (Lipinski definition) is 3. The maximum Gasteiger partial charge on any atom is 0.328 e. The number of esters is 1. The van der Waals surface area contributed by atoms with Crippen molar-refractivity contribution in [2.24, 2.45) is 5.73 Å². The van der Waals surface area contributed by atoms with Gasteiger partial charge in [-0.1, -0.05) is 24.3 Å². The summed E-state index contributed by atoms with van der Waals surface area (Å²) < 4.78 is 11.4. The van der Waals surface area contributed by atoms with E-state index in [1.807, 2.05) is 24.5 Å². The molecule has 0 radical (unpaired) electrons. The summed E-state index contributed by atoms with van der Waals surface area (Å²) >= 11 is 5.86. The Hall–Kier alpha value is -1.68. The smallest absolute Gasteiger partial charge is 0.328 e. The van der Waals surface area contributed by atoms with E-state index in [0.29, 0.717) is 31.7 Å². The average molecular weight is 522 g/mol. The third-order valence-corrected chi connectivity index (χ3v) is 7.73. The number of thioether (sulfide) groups is 1. The zero-order valence-corrected chi connectivity index (χ0v) is 22.5. The second kappa shape index (κ2) is 14.2. The van der Waals surface area contributed by atoms with Crippen LogP contribution in [-0.4, -0.2) is 79.0 Å². The lowest BCUT2D eigenvalue weighted by Crippen LogP contribution is -2.50. The van der Waals surface area contributed by atoms with E-state index in [0.717, 1.165) is 24.3 Å². The van der Waals surface area contributed by atoms with Gasteiger partial charge in [0, 0.05) is 31.3 Å². The standard InChI is InChI=1S/C26H39N3O4S2/c1-32-26(31)22(12-14-35-2)28-25(30)23-15-20(16-29(23)13-6-9-19(27)17-34)33-24-11-5-8-18-7-3-4-10-21(18)24/h5-6,8-9,11,19-20,22-23,34H,3-4,7,10,12-17,27H2,1-2H3,(H,28,30)/t19?,20-,22-,23-/m0/s1. The van der Waals surface area contributed by atoms with E-state index in [9.17, 15) is 9.59 Å². The Kier molecular flexibility index (Phi) is 11.3. The largest absolute Gasteiger partial charge is 0.489 e. The van der Waals surface area contributed by atoms with Crippen LogP contribution in [0.2, 0.25) is 0 Å². The first-order chi connectivity index (χ1) is 17.0. The number of nitrogens with two attached hydrogens (primary N) is 1. The maximum atomic E-state index is 13.3. The molecule has 7 nitrogen and oxygen atoms in total. The summed E-state index contributed by atoms with van der Waals surface area (Å²) in [7, 11) is 1.35. The molecule has 1 amide bonds. The van der Waals surface area contributed by atoms with Crippen LogP contribution >= 0.6 is 24.4 Å². The first-order valence-electron chi connectivity index (χ1n) is 12.4. The number of hydrogen-bond acceptors (Lipinski definition) is 8. The fraction of sp³-hybridized carbons (Fsp3) is 0.615. The van der Waals surface area contributed by atoms with Gasteiger partial charge in [-0.2, -0.15) is 24.4 Å². The van der Waals surface area contributed by atoms with Gasteiger partial charge < -0.3 is 20.5 Å². The second-order valence-corrected chi connectivity index (χ2v) is 10.5. The summed E-state index contributed by atoms with van der Waals surface area (Å²) in [6, 6.07) is 5.10. The van der Waals surface area contributed by atoms with Crippen molar-refractivity contribution in [3.63, 3.8) is 0 Å². The topological polar surface area (TPSA) is 93.9 Å². The molecule has 1 saturated heterocycles. The second-order valence-electron chi connectivity index (χ2n) is 9.19. The van der Waals surface area contributed by atoms with E-state index in [4.69, 9.17) is 15.2 Å². The van der Waals surface area contributed by atoms with Gasteiger partial charge in [0.15, 0.2) is 0 Å². The number of rotatable bonds is 12. The molecule has 1 heterocycles. The summed E-state index contributed by atoms with van der Waals surface area (Å²) in [5.41, 5.74) is 8.65. The van der Waals surface area contributed by atoms with Crippen LogP contribution in [0.25, 0.3) is 0 Å². The lowest BCUT2D eigenvalue weighted by Gasteiger charge is -2.24. The van der Waals surface area contributed by atoms with Gasteiger partial charge in [-0.3, -0.25) is 9.69 Å². The Balaban J connectivity index is 1.73. The summed E-state index contributed by atoms with van der Waals surface area (Å²) in [5.74, 6) is 1.66. The number of likely N-dealkylation sites (tertiary alicyclic amines) is 1. The first-order valence-corrected chi connectivity index (χ1v) is 14.4. The van der Waals surface area contributed by atoms with Crippen molar-refractivity contribution in [3.05, 3.63) is 41.5 Å². The zero-order chi connectivity index (χ0) is 25.2. The van der Waals surface area contributed by atoms with Crippen molar-refractivity contribution in [2.75, 3.05) is 38.0 Å². The van der Waals surface area contributed by atoms with Crippen LogP contribution < -0.4 is 15.8 Å². The van der Waals surface area contributed by atoms with Crippen LogP contribution in [0.4, 0.5) is 0 Å². The third kappa shape index (κ3) is 7.90. The van der Waals surface area contributed by atoms with Crippen molar-refractivity contribution in [1.82, 2.24) is 10.2 Å². The molecule has 1 aromatic rings. The Morgan fingerprint density at radius 1 is 1.34 bits per heavy atom. The normalized spacial score (nSPS) is 21.9. The molecule has 0 spiro atoms. The molecular formula is C26H39N3O4S2. The van der Waals surface area contributed by atoms with Gasteiger partial charge in [0.1, 0.15) is 17.9 Å². The van der Waals surface area contributed by atoms with Crippen molar-refractivity contribution in [3.8, 4) is 5.75 Å². The molecule has 3 N–H and O–H groups in total. The van der Waals surface area contributed by atoms with Crippen LogP contribution in [-0.2, 0) is 27.2 Å². The molecule has 0 saturated carbocycles. The molecule has 35 heavy (non-hydrogen) atoms. The molecule has 0 aromatic heterocycles. The van der Waals surface area contributed by atoms with E-state index in [1.54, 1.807) is 11.8 Å². The molecule has 2 aliphatic rings. The van der Waals surface area contributed by atoms with E-state index in [-0.39, 0.29) is 18.1 Å². The SMILES string of the molecule is COC(=O)[C@H](CCSC)NC(=O)[C@@H]1C[C@H](Oc2cccc3c2CCCC3)CN1CC=CC(N)CS. The predicted octanol–water partition coefficient (Wildman–Crippen LogP) is 2.61. The molecule has 1 unspecified atom stereocenters. The lowest BCUT2D eigenvalue weighted by atomic mass is 9.91. The molecule has 194 valence electrons. The highest BCUT2D eigenvalue weighted by Gasteiger charge is 2.39. The number of nitrogens with one attached hydrogen (secondary N) is 1. The highest BCUT2D eigenvalue weighted by Crippen LogP contribution is 2.32. The van der Waals surface area contributed by atoms with Gasteiger partial charge >= 0.3 is 5.97 Å². The predicted molar refractivity (Wildman–Crippen MR) is 145 cm³/mol. The van der Waals surface area contributed by atoms with Crippen molar-refractivity contribution < 1.29 is 19.1 Å². The molecule has 3 rings (SSSR count). The highest BCUT2D eigenvalue weighted by atomic mass is 32.2. The van der Waals surface area contributed by atoms with Crippen LogP contribution in [0.1, 0.15) is 36.8 Å². The number of methoxy groups -OCH3 is 1. The minimum atomic E-state index is -0.656. The van der Waals surface area contributed by atoms with Gasteiger partial charge in [0.25, 0.3) is 0 Å². The van der Waals surface area contributed by atoms with Crippen molar-refractivity contribution in [2.45, 2.75) is 62.8 Å². The molecule has 1 aromatic carbocycles. The number of carbonyl (C=O) groups excluding carboxylic acids is 2. The summed E-state index contributed by atoms with van der Waals surface area (Å²) in [4.78, 5) is 27.7. The Morgan fingerprint density at radius 3 is 2.89 bits per heavy atom. The summed E-state index contributed by atoms with van der Waals surface area (Å²) in [6.45, 7) is 1.19. The van der Waals surface area contributed by atoms with Crippen molar-refractivity contribution >= 4 is 36.3 Å². The number of fused-ring (bicyclic) bond motifs is 1. The fourth-order valence-electron chi connectivity index (χ4n) is 4.78. The average Bonchev–Trinajstić information content (AvgIpc) is 3.28. The van der Waals surface area contributed by atoms with Gasteiger partial charge in [0.05, 0.1) is 13.2 Å². The highest BCUT2D eigenvalue weighted by molar-refractivity contribution is 7.98. The number of aryl methyl sites for hydroxylation is 1. The van der Waals surface area contributed by atoms with Crippen LogP contribution in [0.5, 0.6) is 5.75 Å². The molecule has 1 fully saturated rings. The Bertz CT molecular complexity index is 882. The van der Waals surface area contributed by atoms with E-state index < -0.39 is 18.1 Å². The van der Waals surface area contributed by atoms with Crippen LogP contribution in [0.3, 0.4) is 0 Å². The quantitative estimate of drug-likeness (QED) is 0.221. The monoisotopic (exact) mass is 521 g/mol. The van der Waals surface area contributed by atoms with Crippen molar-refractivity contribution in [1.29, 1.82) is 0 Å². The van der Waals surface area contributed by atoms with E-state index in [2.05, 4.69) is 35.0 Å². The number of thiol groups is 1.